The van der Waals surface area contributed by atoms with Gasteiger partial charge >= 0.3 is 6.61 Å². The predicted molar refractivity (Wildman–Crippen MR) is 30.0 cm³/mol. The van der Waals surface area contributed by atoms with Crippen LogP contribution in [0.1, 0.15) is 5.56 Å². The van der Waals surface area contributed by atoms with E-state index in [-0.39, 0.29) is 5.88 Å². The van der Waals surface area contributed by atoms with Gasteiger partial charge in [0.15, 0.2) is 0 Å². The van der Waals surface area contributed by atoms with E-state index in [2.05, 4.69) is 14.9 Å². The first-order valence-electron chi connectivity index (χ1n) is 2.65. The van der Waals surface area contributed by atoms with Gasteiger partial charge in [0.2, 0.25) is 5.88 Å². The number of ether oxygens (including phenoxy) is 1. The Morgan fingerprint density at radius 1 is 1.70 bits per heavy atom. The quantitative estimate of drug-likeness (QED) is 0.686. The van der Waals surface area contributed by atoms with E-state index in [4.69, 9.17) is 0 Å². The molecule has 0 saturated carbocycles. The Kier molecular flexibility index (Phi) is 1.84. The predicted octanol–water partition coefficient (Wildman–Crippen LogP) is 1.32. The van der Waals surface area contributed by atoms with Gasteiger partial charge in [-0.15, -0.1) is 0 Å². The molecule has 0 bridgehead atoms. The van der Waals surface area contributed by atoms with Gasteiger partial charge in [0, 0.05) is 5.56 Å². The number of rotatable bonds is 2. The highest BCUT2D eigenvalue weighted by Crippen LogP contribution is 2.13. The second-order valence-electron chi connectivity index (χ2n) is 1.76. The van der Waals surface area contributed by atoms with Gasteiger partial charge in [-0.25, -0.2) is 5.10 Å². The number of aromatic nitrogens is 2. The number of alkyl halides is 2. The molecule has 56 valence electrons. The molecule has 0 saturated heterocycles. The number of nitrogens with one attached hydrogen (secondary N) is 1. The van der Waals surface area contributed by atoms with Gasteiger partial charge in [0.05, 0.1) is 6.20 Å². The van der Waals surface area contributed by atoms with E-state index in [0.717, 1.165) is 0 Å². The molecule has 0 radical (unpaired) electrons. The lowest BCUT2D eigenvalue weighted by atomic mass is 10.4. The summed E-state index contributed by atoms with van der Waals surface area (Å²) < 4.78 is 27.0. The Hall–Kier alpha value is -1.13. The van der Waals surface area contributed by atoms with Crippen molar-refractivity contribution in [1.82, 2.24) is 10.2 Å². The summed E-state index contributed by atoms with van der Waals surface area (Å²) in [6, 6.07) is 0. The SMILES string of the molecule is Cc1cn[nH]c1OC(F)F. The van der Waals surface area contributed by atoms with Gasteiger partial charge in [-0.05, 0) is 6.92 Å². The zero-order valence-corrected chi connectivity index (χ0v) is 5.27. The van der Waals surface area contributed by atoms with E-state index in [9.17, 15) is 8.78 Å². The topological polar surface area (TPSA) is 37.9 Å². The Labute approximate surface area is 56.0 Å². The van der Waals surface area contributed by atoms with Gasteiger partial charge in [0.1, 0.15) is 0 Å². The second kappa shape index (κ2) is 2.64. The van der Waals surface area contributed by atoms with Crippen LogP contribution in [0.25, 0.3) is 0 Å². The number of nitrogens with zero attached hydrogens (tertiary/aromatic N) is 1. The lowest BCUT2D eigenvalue weighted by Gasteiger charge is -1.99. The van der Waals surface area contributed by atoms with E-state index in [1.165, 1.54) is 6.20 Å². The molecule has 0 aliphatic carbocycles. The van der Waals surface area contributed by atoms with Crippen LogP contribution in [0, 0.1) is 6.92 Å². The summed E-state index contributed by atoms with van der Waals surface area (Å²) >= 11 is 0. The molecule has 5 heteroatoms. The molecular formula is C5H6F2N2O. The third kappa shape index (κ3) is 1.43. The maximum absolute atomic E-state index is 11.5. The van der Waals surface area contributed by atoms with Crippen molar-refractivity contribution in [2.45, 2.75) is 13.5 Å². The summed E-state index contributed by atoms with van der Waals surface area (Å²) in [5, 5.41) is 5.78. The average molecular weight is 148 g/mol. The van der Waals surface area contributed by atoms with Crippen molar-refractivity contribution in [2.24, 2.45) is 0 Å². The van der Waals surface area contributed by atoms with Crippen LogP contribution < -0.4 is 4.74 Å². The fourth-order valence-electron chi connectivity index (χ4n) is 0.543. The Bertz CT molecular complexity index is 211. The van der Waals surface area contributed by atoms with E-state index in [1.807, 2.05) is 0 Å². The van der Waals surface area contributed by atoms with Crippen molar-refractivity contribution in [3.63, 3.8) is 0 Å². The zero-order valence-electron chi connectivity index (χ0n) is 5.27. The molecule has 0 atom stereocenters. The van der Waals surface area contributed by atoms with Gasteiger partial charge in [-0.1, -0.05) is 0 Å². The Morgan fingerprint density at radius 3 is 2.80 bits per heavy atom. The summed E-state index contributed by atoms with van der Waals surface area (Å²) in [7, 11) is 0. The lowest BCUT2D eigenvalue weighted by molar-refractivity contribution is -0.0533. The average Bonchev–Trinajstić information content (AvgIpc) is 2.15. The number of aromatic amines is 1. The van der Waals surface area contributed by atoms with Crippen LogP contribution in [0.2, 0.25) is 0 Å². The van der Waals surface area contributed by atoms with Crippen molar-refractivity contribution < 1.29 is 13.5 Å². The monoisotopic (exact) mass is 148 g/mol. The standard InChI is InChI=1S/C5H6F2N2O/c1-3-2-8-9-4(3)10-5(6)7/h2,5H,1H3,(H,8,9). The summed E-state index contributed by atoms with van der Waals surface area (Å²) in [6.07, 6.45) is 1.41. The summed E-state index contributed by atoms with van der Waals surface area (Å²) in [5.41, 5.74) is 0.570. The molecule has 0 unspecified atom stereocenters. The summed E-state index contributed by atoms with van der Waals surface area (Å²) in [5.74, 6) is 0.0231. The van der Waals surface area contributed by atoms with Gasteiger partial charge in [-0.2, -0.15) is 13.9 Å². The van der Waals surface area contributed by atoms with Crippen LogP contribution >= 0.6 is 0 Å². The summed E-state index contributed by atoms with van der Waals surface area (Å²) in [4.78, 5) is 0. The fourth-order valence-corrected chi connectivity index (χ4v) is 0.543. The molecule has 1 N–H and O–H groups in total. The molecule has 0 spiro atoms. The van der Waals surface area contributed by atoms with Crippen molar-refractivity contribution in [3.05, 3.63) is 11.8 Å². The maximum atomic E-state index is 11.5. The lowest BCUT2D eigenvalue weighted by Crippen LogP contribution is -2.02. The number of hydrogen-bond donors (Lipinski definition) is 1. The van der Waals surface area contributed by atoms with Gasteiger partial charge < -0.3 is 4.74 Å². The van der Waals surface area contributed by atoms with Crippen LogP contribution in [0.15, 0.2) is 6.20 Å². The highest BCUT2D eigenvalue weighted by Gasteiger charge is 2.07. The Balaban J connectivity index is 2.65. The molecule has 1 rings (SSSR count). The summed E-state index contributed by atoms with van der Waals surface area (Å²) in [6.45, 7) is -1.17. The number of halogens is 2. The fraction of sp³-hybridized carbons (Fsp3) is 0.400. The zero-order chi connectivity index (χ0) is 7.56. The van der Waals surface area contributed by atoms with Crippen LogP contribution in [0.5, 0.6) is 5.88 Å². The van der Waals surface area contributed by atoms with Crippen LogP contribution in [0.4, 0.5) is 8.78 Å². The first kappa shape index (κ1) is 6.98. The van der Waals surface area contributed by atoms with Gasteiger partial charge in [0.25, 0.3) is 0 Å². The molecule has 0 amide bonds. The molecule has 1 heterocycles. The smallest absolute Gasteiger partial charge is 0.388 e. The minimum Gasteiger partial charge on any atom is -0.417 e. The van der Waals surface area contributed by atoms with E-state index in [1.54, 1.807) is 6.92 Å². The molecule has 3 nitrogen and oxygen atoms in total. The molecule has 0 aliphatic rings. The first-order chi connectivity index (χ1) is 4.70. The van der Waals surface area contributed by atoms with Crippen LogP contribution in [0.3, 0.4) is 0 Å². The largest absolute Gasteiger partial charge is 0.417 e. The molecule has 0 aromatic carbocycles. The number of H-pyrrole nitrogens is 1. The van der Waals surface area contributed by atoms with E-state index >= 15 is 0 Å². The van der Waals surface area contributed by atoms with Crippen molar-refractivity contribution in [3.8, 4) is 5.88 Å². The molecule has 1 aromatic rings. The molecular weight excluding hydrogens is 142 g/mol. The first-order valence-corrected chi connectivity index (χ1v) is 2.65. The second-order valence-corrected chi connectivity index (χ2v) is 1.76. The molecule has 10 heavy (non-hydrogen) atoms. The minimum atomic E-state index is -2.79. The van der Waals surface area contributed by atoms with Crippen molar-refractivity contribution >= 4 is 0 Å². The number of aryl methyl sites for hydroxylation is 1. The van der Waals surface area contributed by atoms with Crippen LogP contribution in [-0.2, 0) is 0 Å². The molecule has 0 aliphatic heterocycles. The van der Waals surface area contributed by atoms with Crippen molar-refractivity contribution in [2.75, 3.05) is 0 Å². The normalized spacial score (nSPS) is 10.4. The highest BCUT2D eigenvalue weighted by molar-refractivity contribution is 5.19. The van der Waals surface area contributed by atoms with Gasteiger partial charge in [-0.3, -0.25) is 0 Å². The third-order valence-corrected chi connectivity index (χ3v) is 0.989. The third-order valence-electron chi connectivity index (χ3n) is 0.989. The molecule has 0 fully saturated rings. The minimum absolute atomic E-state index is 0.0231. The van der Waals surface area contributed by atoms with Crippen LogP contribution in [-0.4, -0.2) is 16.8 Å². The van der Waals surface area contributed by atoms with Crippen molar-refractivity contribution in [1.29, 1.82) is 0 Å². The Morgan fingerprint density at radius 2 is 2.40 bits per heavy atom. The van der Waals surface area contributed by atoms with E-state index < -0.39 is 6.61 Å². The van der Waals surface area contributed by atoms with E-state index in [0.29, 0.717) is 5.56 Å². The molecule has 1 aromatic heterocycles. The number of hydrogen-bond acceptors (Lipinski definition) is 2. The maximum Gasteiger partial charge on any atom is 0.388 e. The highest BCUT2D eigenvalue weighted by atomic mass is 19.3.